The summed E-state index contributed by atoms with van der Waals surface area (Å²) in [6.45, 7) is 0.429. The minimum atomic E-state index is -1.21. The van der Waals surface area contributed by atoms with Crippen molar-refractivity contribution in [2.24, 2.45) is 0 Å². The molecule has 1 rings (SSSR count). The van der Waals surface area contributed by atoms with Crippen LogP contribution in [0.3, 0.4) is 0 Å². The topological polar surface area (TPSA) is 49.8 Å². The molecule has 1 aromatic carbocycles. The number of carbonyl (C=O) groups is 1. The second-order valence-electron chi connectivity index (χ2n) is 2.67. The Hall–Kier alpha value is -1.26. The highest BCUT2D eigenvalue weighted by atomic mass is 35.5. The van der Waals surface area contributed by atoms with E-state index in [-0.39, 0.29) is 0 Å². The maximum absolute atomic E-state index is 10.5. The normalized spacial score (nSPS) is 9.86. The van der Waals surface area contributed by atoms with Crippen molar-refractivity contribution in [3.63, 3.8) is 0 Å². The highest BCUT2D eigenvalue weighted by molar-refractivity contribution is 6.35. The van der Waals surface area contributed by atoms with Gasteiger partial charge in [0.1, 0.15) is 0 Å². The van der Waals surface area contributed by atoms with Crippen LogP contribution in [0.4, 0.5) is 10.5 Å². The first-order valence-corrected chi connectivity index (χ1v) is 4.25. The molecule has 5 heteroatoms. The van der Waals surface area contributed by atoms with Crippen molar-refractivity contribution in [1.82, 2.24) is 0 Å². The van der Waals surface area contributed by atoms with E-state index in [0.29, 0.717) is 16.7 Å². The molecule has 0 aromatic heterocycles. The zero-order chi connectivity index (χ0) is 10.6. The number of nitrogens with zero attached hydrogens (tertiary/aromatic N) is 1. The number of hydrogen-bond donors (Lipinski definition) is 1. The molecular formula is C9H10ClNO3. The molecule has 0 radical (unpaired) electrons. The molecule has 0 spiro atoms. The van der Waals surface area contributed by atoms with E-state index in [2.05, 4.69) is 0 Å². The molecule has 14 heavy (non-hydrogen) atoms. The third-order valence-electron chi connectivity index (χ3n) is 1.62. The molecule has 0 heterocycles. The van der Waals surface area contributed by atoms with Gasteiger partial charge in [-0.25, -0.2) is 4.79 Å². The van der Waals surface area contributed by atoms with E-state index in [9.17, 15) is 4.79 Å². The summed E-state index contributed by atoms with van der Waals surface area (Å²) in [5, 5.41) is 8.62. The number of carboxylic acid groups (broad SMARTS) is 1. The van der Waals surface area contributed by atoms with Crippen LogP contribution in [0.2, 0.25) is 0 Å². The van der Waals surface area contributed by atoms with Crippen molar-refractivity contribution in [2.45, 2.75) is 6.61 Å². The number of anilines is 1. The molecule has 1 aromatic rings. The first kappa shape index (κ1) is 10.8. The molecular weight excluding hydrogens is 206 g/mol. The van der Waals surface area contributed by atoms with Gasteiger partial charge in [0.15, 0.2) is 0 Å². The third-order valence-corrected chi connectivity index (χ3v) is 1.96. The molecule has 0 saturated heterocycles. The van der Waals surface area contributed by atoms with Gasteiger partial charge in [-0.1, -0.05) is 12.1 Å². The number of hydrogen-bond acceptors (Lipinski definition) is 2. The van der Waals surface area contributed by atoms with Crippen LogP contribution in [-0.2, 0) is 11.3 Å². The van der Waals surface area contributed by atoms with Crippen LogP contribution in [0.25, 0.3) is 0 Å². The minimum absolute atomic E-state index is 0.411. The quantitative estimate of drug-likeness (QED) is 0.788. The molecule has 0 saturated carbocycles. The van der Waals surface area contributed by atoms with Gasteiger partial charge in [-0.3, -0.25) is 0 Å². The summed E-state index contributed by atoms with van der Waals surface area (Å²) in [4.78, 5) is 10.5. The van der Waals surface area contributed by atoms with Gasteiger partial charge >= 0.3 is 6.09 Å². The number of methoxy groups -OCH3 is 1. The molecule has 0 aliphatic heterocycles. The molecule has 0 aliphatic rings. The SMILES string of the molecule is COCc1cccc(N(Cl)C(=O)O)c1. The molecule has 0 bridgehead atoms. The summed E-state index contributed by atoms with van der Waals surface area (Å²) in [5.74, 6) is 0. The first-order valence-electron chi connectivity index (χ1n) is 3.92. The summed E-state index contributed by atoms with van der Waals surface area (Å²) in [6, 6.07) is 6.83. The predicted molar refractivity (Wildman–Crippen MR) is 53.5 cm³/mol. The molecule has 0 fully saturated rings. The van der Waals surface area contributed by atoms with E-state index in [1.54, 1.807) is 25.3 Å². The maximum Gasteiger partial charge on any atom is 0.426 e. The first-order chi connectivity index (χ1) is 6.65. The highest BCUT2D eigenvalue weighted by Gasteiger charge is 2.10. The smallest absolute Gasteiger partial charge is 0.426 e. The standard InChI is InChI=1S/C9H10ClNO3/c1-14-6-7-3-2-4-8(5-7)11(10)9(12)13/h2-5H,6H2,1H3,(H,12,13). The van der Waals surface area contributed by atoms with Gasteiger partial charge in [0.05, 0.1) is 12.3 Å². The molecule has 76 valence electrons. The maximum atomic E-state index is 10.5. The lowest BCUT2D eigenvalue weighted by Gasteiger charge is -2.10. The monoisotopic (exact) mass is 215 g/mol. The van der Waals surface area contributed by atoms with Crippen LogP contribution >= 0.6 is 11.8 Å². The average Bonchev–Trinajstić information content (AvgIpc) is 2.17. The Labute approximate surface area is 86.8 Å². The summed E-state index contributed by atoms with van der Waals surface area (Å²) in [6.07, 6.45) is -1.21. The van der Waals surface area contributed by atoms with Crippen molar-refractivity contribution < 1.29 is 14.6 Å². The lowest BCUT2D eigenvalue weighted by molar-refractivity contribution is 0.185. The Morgan fingerprint density at radius 2 is 2.36 bits per heavy atom. The molecule has 1 amide bonds. The van der Waals surface area contributed by atoms with Crippen LogP contribution in [-0.4, -0.2) is 18.3 Å². The van der Waals surface area contributed by atoms with Gasteiger partial charge < -0.3 is 9.84 Å². The highest BCUT2D eigenvalue weighted by Crippen LogP contribution is 2.18. The lowest BCUT2D eigenvalue weighted by atomic mass is 10.2. The van der Waals surface area contributed by atoms with Crippen LogP contribution < -0.4 is 4.42 Å². The minimum Gasteiger partial charge on any atom is -0.464 e. The van der Waals surface area contributed by atoms with Crippen LogP contribution in [0.1, 0.15) is 5.56 Å². The van der Waals surface area contributed by atoms with E-state index in [4.69, 9.17) is 21.6 Å². The lowest BCUT2D eigenvalue weighted by Crippen LogP contribution is -2.17. The Balaban J connectivity index is 2.87. The Bertz CT molecular complexity index is 330. The average molecular weight is 216 g/mol. The molecule has 0 atom stereocenters. The van der Waals surface area contributed by atoms with Crippen LogP contribution in [0.5, 0.6) is 0 Å². The summed E-state index contributed by atoms with van der Waals surface area (Å²) in [5.41, 5.74) is 1.28. The second-order valence-corrected chi connectivity index (χ2v) is 3.00. The van der Waals surface area contributed by atoms with E-state index >= 15 is 0 Å². The van der Waals surface area contributed by atoms with Gasteiger partial charge in [-0.15, -0.1) is 0 Å². The fourth-order valence-electron chi connectivity index (χ4n) is 1.05. The van der Waals surface area contributed by atoms with Crippen molar-refractivity contribution in [1.29, 1.82) is 0 Å². The molecule has 4 nitrogen and oxygen atoms in total. The number of halogens is 1. The Morgan fingerprint density at radius 1 is 1.64 bits per heavy atom. The van der Waals surface area contributed by atoms with Gasteiger partial charge in [0, 0.05) is 18.9 Å². The number of amides is 1. The number of ether oxygens (including phenoxy) is 1. The molecule has 0 aliphatic carbocycles. The zero-order valence-electron chi connectivity index (χ0n) is 7.61. The van der Waals surface area contributed by atoms with E-state index < -0.39 is 6.09 Å². The van der Waals surface area contributed by atoms with Crippen molar-refractivity contribution >= 4 is 23.6 Å². The second kappa shape index (κ2) is 4.83. The molecule has 1 N–H and O–H groups in total. The fourth-order valence-corrected chi connectivity index (χ4v) is 1.15. The number of benzene rings is 1. The van der Waals surface area contributed by atoms with Crippen molar-refractivity contribution in [3.05, 3.63) is 29.8 Å². The van der Waals surface area contributed by atoms with Crippen LogP contribution in [0.15, 0.2) is 24.3 Å². The fraction of sp³-hybridized carbons (Fsp3) is 0.222. The van der Waals surface area contributed by atoms with Crippen molar-refractivity contribution in [3.8, 4) is 0 Å². The van der Waals surface area contributed by atoms with Gasteiger partial charge in [0.25, 0.3) is 0 Å². The largest absolute Gasteiger partial charge is 0.464 e. The van der Waals surface area contributed by atoms with Gasteiger partial charge in [0.2, 0.25) is 0 Å². The zero-order valence-corrected chi connectivity index (χ0v) is 8.36. The van der Waals surface area contributed by atoms with E-state index in [1.807, 2.05) is 6.07 Å². The summed E-state index contributed by atoms with van der Waals surface area (Å²) >= 11 is 5.51. The van der Waals surface area contributed by atoms with Gasteiger partial charge in [-0.2, -0.15) is 4.42 Å². The van der Waals surface area contributed by atoms with E-state index in [0.717, 1.165) is 5.56 Å². The Kier molecular flexibility index (Phi) is 3.73. The van der Waals surface area contributed by atoms with Crippen molar-refractivity contribution in [2.75, 3.05) is 11.5 Å². The Morgan fingerprint density at radius 3 is 2.93 bits per heavy atom. The summed E-state index contributed by atoms with van der Waals surface area (Å²) < 4.78 is 5.55. The van der Waals surface area contributed by atoms with E-state index in [1.165, 1.54) is 0 Å². The number of rotatable bonds is 3. The van der Waals surface area contributed by atoms with Crippen LogP contribution in [0, 0.1) is 0 Å². The third kappa shape index (κ3) is 2.61. The summed E-state index contributed by atoms with van der Waals surface area (Å²) in [7, 11) is 1.57. The molecule has 0 unspecified atom stereocenters. The van der Waals surface area contributed by atoms with Gasteiger partial charge in [-0.05, 0) is 17.7 Å². The predicted octanol–water partition coefficient (Wildman–Crippen LogP) is 2.47.